The number of aliphatic hydroxyl groups excluding tert-OH is 3. The van der Waals surface area contributed by atoms with Gasteiger partial charge in [0.2, 0.25) is 0 Å². The quantitative estimate of drug-likeness (QED) is 0.744. The first-order chi connectivity index (χ1) is 6.56. The Morgan fingerprint density at radius 1 is 1.21 bits per heavy atom. The van der Waals surface area contributed by atoms with Gasteiger partial charge in [-0.3, -0.25) is 0 Å². The Morgan fingerprint density at radius 2 is 1.86 bits per heavy atom. The van der Waals surface area contributed by atoms with Crippen molar-refractivity contribution in [2.45, 2.75) is 12.2 Å². The molecule has 0 heterocycles. The summed E-state index contributed by atoms with van der Waals surface area (Å²) in [5.41, 5.74) is 0.306. The maximum atomic E-state index is 9.54. The second kappa shape index (κ2) is 4.96. The largest absolute Gasteiger partial charge is 0.394 e. The molecule has 3 N–H and O–H groups in total. The predicted molar refractivity (Wildman–Crippen MR) is 54.5 cm³/mol. The van der Waals surface area contributed by atoms with Gasteiger partial charge in [0, 0.05) is 15.6 Å². The van der Waals surface area contributed by atoms with Crippen molar-refractivity contribution in [3.05, 3.63) is 33.8 Å². The van der Waals surface area contributed by atoms with Gasteiger partial charge < -0.3 is 15.3 Å². The first-order valence-corrected chi connectivity index (χ1v) is 4.73. The molecule has 0 saturated heterocycles. The van der Waals surface area contributed by atoms with Gasteiger partial charge in [-0.15, -0.1) is 0 Å². The fourth-order valence-electron chi connectivity index (χ4n) is 1.05. The van der Waals surface area contributed by atoms with Crippen molar-refractivity contribution in [2.24, 2.45) is 0 Å². The van der Waals surface area contributed by atoms with Crippen LogP contribution in [0.25, 0.3) is 0 Å². The summed E-state index contributed by atoms with van der Waals surface area (Å²) in [4.78, 5) is 0. The van der Waals surface area contributed by atoms with E-state index in [0.29, 0.717) is 15.6 Å². The summed E-state index contributed by atoms with van der Waals surface area (Å²) in [6, 6.07) is 4.55. The number of hydrogen-bond donors (Lipinski definition) is 3. The molecule has 78 valence electrons. The summed E-state index contributed by atoms with van der Waals surface area (Å²) in [6.07, 6.45) is -2.49. The number of rotatable bonds is 3. The molecular formula is C9H10Cl2O3. The molecule has 1 aromatic carbocycles. The van der Waals surface area contributed by atoms with Gasteiger partial charge in [-0.05, 0) is 18.2 Å². The van der Waals surface area contributed by atoms with Crippen LogP contribution in [-0.4, -0.2) is 28.0 Å². The Kier molecular flexibility index (Phi) is 4.16. The molecule has 0 aliphatic rings. The molecule has 0 aliphatic heterocycles. The van der Waals surface area contributed by atoms with E-state index in [1.54, 1.807) is 6.07 Å². The van der Waals surface area contributed by atoms with Crippen molar-refractivity contribution >= 4 is 23.2 Å². The van der Waals surface area contributed by atoms with Crippen LogP contribution < -0.4 is 0 Å². The number of hydrogen-bond acceptors (Lipinski definition) is 3. The smallest absolute Gasteiger partial charge is 0.109 e. The molecule has 0 radical (unpaired) electrons. The molecule has 2 unspecified atom stereocenters. The number of aliphatic hydroxyl groups is 3. The van der Waals surface area contributed by atoms with Crippen LogP contribution in [0.2, 0.25) is 10.0 Å². The van der Waals surface area contributed by atoms with Crippen molar-refractivity contribution in [1.82, 2.24) is 0 Å². The van der Waals surface area contributed by atoms with Crippen LogP contribution in [0.3, 0.4) is 0 Å². The van der Waals surface area contributed by atoms with Gasteiger partial charge in [0.15, 0.2) is 0 Å². The second-order valence-electron chi connectivity index (χ2n) is 2.86. The van der Waals surface area contributed by atoms with Gasteiger partial charge in [0.05, 0.1) is 6.61 Å². The summed E-state index contributed by atoms with van der Waals surface area (Å²) >= 11 is 11.5. The first-order valence-electron chi connectivity index (χ1n) is 3.98. The molecule has 0 fully saturated rings. The van der Waals surface area contributed by atoms with Crippen LogP contribution >= 0.6 is 23.2 Å². The summed E-state index contributed by atoms with van der Waals surface area (Å²) in [7, 11) is 0. The average Bonchev–Trinajstić information content (AvgIpc) is 2.19. The molecule has 1 aromatic rings. The minimum absolute atomic E-state index is 0.300. The molecule has 0 spiro atoms. The van der Waals surface area contributed by atoms with Gasteiger partial charge in [-0.1, -0.05) is 23.2 Å². The van der Waals surface area contributed by atoms with E-state index < -0.39 is 18.8 Å². The Hall–Kier alpha value is -0.320. The lowest BCUT2D eigenvalue weighted by molar-refractivity contribution is -0.0152. The number of benzene rings is 1. The Morgan fingerprint density at radius 3 is 2.43 bits per heavy atom. The molecule has 5 heteroatoms. The summed E-state index contributed by atoms with van der Waals surface area (Å²) in [5, 5.41) is 28.1. The summed E-state index contributed by atoms with van der Waals surface area (Å²) < 4.78 is 0. The summed E-state index contributed by atoms with van der Waals surface area (Å²) in [5.74, 6) is 0. The van der Waals surface area contributed by atoms with Crippen LogP contribution in [-0.2, 0) is 0 Å². The standard InChI is InChI=1S/C9H10Cl2O3/c10-5-1-2-7(11)6(3-5)9(14)8(13)4-12/h1-3,8-9,12-14H,4H2. The van der Waals surface area contributed by atoms with E-state index in [4.69, 9.17) is 28.3 Å². The highest BCUT2D eigenvalue weighted by atomic mass is 35.5. The monoisotopic (exact) mass is 236 g/mol. The zero-order valence-corrected chi connectivity index (χ0v) is 8.70. The fraction of sp³-hybridized carbons (Fsp3) is 0.333. The lowest BCUT2D eigenvalue weighted by Gasteiger charge is -2.17. The normalized spacial score (nSPS) is 15.2. The van der Waals surface area contributed by atoms with E-state index in [9.17, 15) is 10.2 Å². The van der Waals surface area contributed by atoms with Gasteiger partial charge in [0.1, 0.15) is 12.2 Å². The van der Waals surface area contributed by atoms with E-state index in [1.165, 1.54) is 12.1 Å². The van der Waals surface area contributed by atoms with Crippen molar-refractivity contribution in [3.63, 3.8) is 0 Å². The van der Waals surface area contributed by atoms with Crippen molar-refractivity contribution in [2.75, 3.05) is 6.61 Å². The first kappa shape index (κ1) is 11.8. The Bertz CT molecular complexity index is 317. The van der Waals surface area contributed by atoms with Gasteiger partial charge in [-0.2, -0.15) is 0 Å². The van der Waals surface area contributed by atoms with E-state index in [1.807, 2.05) is 0 Å². The molecule has 0 aromatic heterocycles. The van der Waals surface area contributed by atoms with Crippen molar-refractivity contribution in [1.29, 1.82) is 0 Å². The molecule has 0 amide bonds. The minimum atomic E-state index is -1.26. The highest BCUT2D eigenvalue weighted by Crippen LogP contribution is 2.27. The molecule has 2 atom stereocenters. The van der Waals surface area contributed by atoms with E-state index in [2.05, 4.69) is 0 Å². The zero-order chi connectivity index (χ0) is 10.7. The van der Waals surface area contributed by atoms with Crippen molar-refractivity contribution < 1.29 is 15.3 Å². The third-order valence-corrected chi connectivity index (χ3v) is 2.41. The minimum Gasteiger partial charge on any atom is -0.394 e. The van der Waals surface area contributed by atoms with E-state index in [0.717, 1.165) is 0 Å². The molecular weight excluding hydrogens is 227 g/mol. The molecule has 0 saturated carbocycles. The van der Waals surface area contributed by atoms with Crippen LogP contribution in [0.4, 0.5) is 0 Å². The Balaban J connectivity index is 2.99. The molecule has 0 aliphatic carbocycles. The van der Waals surface area contributed by atoms with Crippen LogP contribution in [0.5, 0.6) is 0 Å². The second-order valence-corrected chi connectivity index (χ2v) is 3.70. The third kappa shape index (κ3) is 2.59. The maximum absolute atomic E-state index is 9.54. The molecule has 1 rings (SSSR count). The van der Waals surface area contributed by atoms with Crippen LogP contribution in [0, 0.1) is 0 Å². The molecule has 14 heavy (non-hydrogen) atoms. The van der Waals surface area contributed by atoms with E-state index in [-0.39, 0.29) is 0 Å². The molecule has 0 bridgehead atoms. The lowest BCUT2D eigenvalue weighted by Crippen LogP contribution is -2.22. The van der Waals surface area contributed by atoms with E-state index >= 15 is 0 Å². The lowest BCUT2D eigenvalue weighted by atomic mass is 10.1. The van der Waals surface area contributed by atoms with Gasteiger partial charge in [0.25, 0.3) is 0 Å². The highest BCUT2D eigenvalue weighted by molar-refractivity contribution is 6.33. The van der Waals surface area contributed by atoms with Gasteiger partial charge in [-0.25, -0.2) is 0 Å². The topological polar surface area (TPSA) is 60.7 Å². The van der Waals surface area contributed by atoms with Crippen LogP contribution in [0.15, 0.2) is 18.2 Å². The highest BCUT2D eigenvalue weighted by Gasteiger charge is 2.20. The van der Waals surface area contributed by atoms with Crippen LogP contribution in [0.1, 0.15) is 11.7 Å². The fourth-order valence-corrected chi connectivity index (χ4v) is 1.46. The molecule has 3 nitrogen and oxygen atoms in total. The predicted octanol–water partition coefficient (Wildman–Crippen LogP) is 1.38. The Labute approximate surface area is 91.5 Å². The zero-order valence-electron chi connectivity index (χ0n) is 7.19. The maximum Gasteiger partial charge on any atom is 0.109 e. The SMILES string of the molecule is OCC(O)C(O)c1cc(Cl)ccc1Cl. The third-order valence-electron chi connectivity index (χ3n) is 1.83. The number of halogens is 2. The summed E-state index contributed by atoms with van der Waals surface area (Å²) in [6.45, 7) is -0.538. The van der Waals surface area contributed by atoms with Crippen molar-refractivity contribution in [3.8, 4) is 0 Å². The van der Waals surface area contributed by atoms with Gasteiger partial charge >= 0.3 is 0 Å². The average molecular weight is 237 g/mol.